The van der Waals surface area contributed by atoms with Gasteiger partial charge in [-0.05, 0) is 41.3 Å². The first-order valence-electron chi connectivity index (χ1n) is 9.40. The standard InChI is InChI=1S/C24H19BrF3NO/c1-23(2,3)17-6-4-14(5-7-17)20-12-15-8-9-29-21(22(15)30-20)16-10-18(24(26,27)28)13-19(25)11-16/h4-13H,1-3H3. The summed E-state index contributed by atoms with van der Waals surface area (Å²) in [7, 11) is 0. The molecule has 0 fully saturated rings. The third-order valence-electron chi connectivity index (χ3n) is 4.97. The van der Waals surface area contributed by atoms with Gasteiger partial charge in [-0.1, -0.05) is 61.0 Å². The number of pyridine rings is 1. The fraction of sp³-hybridized carbons (Fsp3) is 0.208. The minimum absolute atomic E-state index is 0.0420. The van der Waals surface area contributed by atoms with Crippen molar-refractivity contribution >= 4 is 26.9 Å². The molecule has 2 aromatic heterocycles. The van der Waals surface area contributed by atoms with Gasteiger partial charge in [0.05, 0.1) is 5.56 Å². The minimum Gasteiger partial charge on any atom is -0.454 e. The van der Waals surface area contributed by atoms with Gasteiger partial charge in [-0.15, -0.1) is 0 Å². The SMILES string of the molecule is CC(C)(C)c1ccc(-c2cc3ccnc(-c4cc(Br)cc(C(F)(F)F)c4)c3o2)cc1. The highest BCUT2D eigenvalue weighted by molar-refractivity contribution is 9.10. The largest absolute Gasteiger partial charge is 0.454 e. The van der Waals surface area contributed by atoms with Gasteiger partial charge in [0, 0.05) is 27.2 Å². The van der Waals surface area contributed by atoms with Gasteiger partial charge in [0.15, 0.2) is 5.58 Å². The predicted octanol–water partition coefficient (Wildman–Crippen LogP) is 8.24. The van der Waals surface area contributed by atoms with E-state index in [1.165, 1.54) is 5.56 Å². The fourth-order valence-electron chi connectivity index (χ4n) is 3.34. The number of hydrogen-bond donors (Lipinski definition) is 0. The first kappa shape index (κ1) is 20.7. The summed E-state index contributed by atoms with van der Waals surface area (Å²) < 4.78 is 46.2. The van der Waals surface area contributed by atoms with Crippen molar-refractivity contribution in [3.05, 3.63) is 76.4 Å². The number of furan rings is 1. The average molecular weight is 474 g/mol. The molecule has 0 saturated carbocycles. The Morgan fingerprint density at radius 1 is 0.833 bits per heavy atom. The second-order valence-electron chi connectivity index (χ2n) is 8.24. The number of halogens is 4. The zero-order valence-corrected chi connectivity index (χ0v) is 18.2. The van der Waals surface area contributed by atoms with E-state index < -0.39 is 11.7 Å². The zero-order chi connectivity index (χ0) is 21.7. The summed E-state index contributed by atoms with van der Waals surface area (Å²) in [6, 6.07) is 15.5. The van der Waals surface area contributed by atoms with Crippen LogP contribution >= 0.6 is 15.9 Å². The highest BCUT2D eigenvalue weighted by atomic mass is 79.9. The third kappa shape index (κ3) is 4.01. The summed E-state index contributed by atoms with van der Waals surface area (Å²) in [6.45, 7) is 6.44. The number of rotatable bonds is 2. The second kappa shape index (κ2) is 7.27. The summed E-state index contributed by atoms with van der Waals surface area (Å²) >= 11 is 3.17. The van der Waals surface area contributed by atoms with Crippen LogP contribution in [0.15, 0.2) is 69.7 Å². The molecule has 0 spiro atoms. The molecule has 154 valence electrons. The Balaban J connectivity index is 1.82. The van der Waals surface area contributed by atoms with Crippen LogP contribution in [0.5, 0.6) is 0 Å². The zero-order valence-electron chi connectivity index (χ0n) is 16.6. The Kier molecular flexibility index (Phi) is 5.01. The smallest absolute Gasteiger partial charge is 0.416 e. The average Bonchev–Trinajstić information content (AvgIpc) is 3.10. The summed E-state index contributed by atoms with van der Waals surface area (Å²) in [5.41, 5.74) is 2.58. The maximum Gasteiger partial charge on any atom is 0.416 e. The van der Waals surface area contributed by atoms with Gasteiger partial charge in [-0.25, -0.2) is 0 Å². The van der Waals surface area contributed by atoms with Crippen molar-refractivity contribution in [2.75, 3.05) is 0 Å². The molecule has 0 atom stereocenters. The van der Waals surface area contributed by atoms with E-state index in [4.69, 9.17) is 4.42 Å². The molecule has 0 N–H and O–H groups in total. The van der Waals surface area contributed by atoms with Crippen LogP contribution in [0, 0.1) is 0 Å². The molecule has 6 heteroatoms. The molecule has 30 heavy (non-hydrogen) atoms. The molecule has 4 aromatic rings. The van der Waals surface area contributed by atoms with Gasteiger partial charge < -0.3 is 4.42 Å². The lowest BCUT2D eigenvalue weighted by Gasteiger charge is -2.18. The van der Waals surface area contributed by atoms with E-state index in [2.05, 4.69) is 53.8 Å². The monoisotopic (exact) mass is 473 g/mol. The molecule has 0 unspecified atom stereocenters. The molecule has 2 heterocycles. The van der Waals surface area contributed by atoms with Gasteiger partial charge >= 0.3 is 6.18 Å². The van der Waals surface area contributed by atoms with Crippen molar-refractivity contribution in [1.82, 2.24) is 4.98 Å². The number of fused-ring (bicyclic) bond motifs is 1. The van der Waals surface area contributed by atoms with E-state index in [1.807, 2.05) is 18.2 Å². The molecule has 2 nitrogen and oxygen atoms in total. The number of alkyl halides is 3. The van der Waals surface area contributed by atoms with Crippen LogP contribution in [-0.4, -0.2) is 4.98 Å². The predicted molar refractivity (Wildman–Crippen MR) is 116 cm³/mol. The van der Waals surface area contributed by atoms with Crippen LogP contribution < -0.4 is 0 Å². The molecule has 0 bridgehead atoms. The van der Waals surface area contributed by atoms with Crippen LogP contribution in [0.4, 0.5) is 13.2 Å². The summed E-state index contributed by atoms with van der Waals surface area (Å²) in [4.78, 5) is 4.31. The van der Waals surface area contributed by atoms with Crippen molar-refractivity contribution in [2.45, 2.75) is 32.4 Å². The van der Waals surface area contributed by atoms with Crippen molar-refractivity contribution in [3.8, 4) is 22.6 Å². The summed E-state index contributed by atoms with van der Waals surface area (Å²) in [5, 5.41) is 0.781. The highest BCUT2D eigenvalue weighted by Crippen LogP contribution is 2.38. The Bertz CT molecular complexity index is 1220. The lowest BCUT2D eigenvalue weighted by molar-refractivity contribution is -0.137. The van der Waals surface area contributed by atoms with Crippen molar-refractivity contribution in [2.24, 2.45) is 0 Å². The Morgan fingerprint density at radius 2 is 1.53 bits per heavy atom. The van der Waals surface area contributed by atoms with Crippen LogP contribution in [-0.2, 0) is 11.6 Å². The molecule has 0 aliphatic heterocycles. The first-order valence-corrected chi connectivity index (χ1v) is 10.2. The van der Waals surface area contributed by atoms with Gasteiger partial charge in [0.1, 0.15) is 11.5 Å². The van der Waals surface area contributed by atoms with Crippen molar-refractivity contribution in [3.63, 3.8) is 0 Å². The van der Waals surface area contributed by atoms with E-state index in [0.29, 0.717) is 27.1 Å². The van der Waals surface area contributed by atoms with Crippen LogP contribution in [0.25, 0.3) is 33.6 Å². The van der Waals surface area contributed by atoms with Crippen LogP contribution in [0.3, 0.4) is 0 Å². The quantitative estimate of drug-likeness (QED) is 0.293. The van der Waals surface area contributed by atoms with Crippen LogP contribution in [0.2, 0.25) is 0 Å². The Hall–Kier alpha value is -2.60. The molecule has 0 aliphatic carbocycles. The minimum atomic E-state index is -4.45. The number of benzene rings is 2. The topological polar surface area (TPSA) is 26.0 Å². The Morgan fingerprint density at radius 3 is 2.17 bits per heavy atom. The molecule has 2 aromatic carbocycles. The number of aromatic nitrogens is 1. The van der Waals surface area contributed by atoms with Gasteiger partial charge in [-0.2, -0.15) is 13.2 Å². The third-order valence-corrected chi connectivity index (χ3v) is 5.43. The molecule has 0 aliphatic rings. The highest BCUT2D eigenvalue weighted by Gasteiger charge is 2.31. The number of nitrogens with zero attached hydrogens (tertiary/aromatic N) is 1. The molecule has 0 amide bonds. The van der Waals surface area contributed by atoms with Crippen molar-refractivity contribution < 1.29 is 17.6 Å². The maximum absolute atomic E-state index is 13.3. The van der Waals surface area contributed by atoms with Gasteiger partial charge in [0.2, 0.25) is 0 Å². The summed E-state index contributed by atoms with van der Waals surface area (Å²) in [5.74, 6) is 0.644. The van der Waals surface area contributed by atoms with E-state index in [0.717, 1.165) is 23.1 Å². The van der Waals surface area contributed by atoms with Crippen molar-refractivity contribution in [1.29, 1.82) is 0 Å². The first-order chi connectivity index (χ1) is 14.0. The van der Waals surface area contributed by atoms with E-state index in [-0.39, 0.29) is 5.41 Å². The maximum atomic E-state index is 13.3. The van der Waals surface area contributed by atoms with E-state index in [1.54, 1.807) is 18.3 Å². The fourth-order valence-corrected chi connectivity index (χ4v) is 3.83. The van der Waals surface area contributed by atoms with E-state index in [9.17, 15) is 13.2 Å². The molecule has 4 rings (SSSR count). The molecule has 0 radical (unpaired) electrons. The second-order valence-corrected chi connectivity index (χ2v) is 9.16. The van der Waals surface area contributed by atoms with Gasteiger partial charge in [0.25, 0.3) is 0 Å². The summed E-state index contributed by atoms with van der Waals surface area (Å²) in [6.07, 6.45) is -2.87. The lowest BCUT2D eigenvalue weighted by Crippen LogP contribution is -2.10. The normalized spacial score (nSPS) is 12.5. The lowest BCUT2D eigenvalue weighted by atomic mass is 9.86. The van der Waals surface area contributed by atoms with Gasteiger partial charge in [-0.3, -0.25) is 4.98 Å². The van der Waals surface area contributed by atoms with E-state index >= 15 is 0 Å². The molecule has 0 saturated heterocycles. The Labute approximate surface area is 180 Å². The number of hydrogen-bond acceptors (Lipinski definition) is 2. The molecular formula is C24H19BrF3NO. The molecular weight excluding hydrogens is 455 g/mol. The van der Waals surface area contributed by atoms with Crippen LogP contribution in [0.1, 0.15) is 31.9 Å².